The molecule has 0 saturated carbocycles. The average molecular weight is 454 g/mol. The van der Waals surface area contributed by atoms with Gasteiger partial charge in [-0.05, 0) is 57.6 Å². The number of nitrogens with zero attached hydrogens (tertiary/aromatic N) is 3. The molecule has 0 saturated heterocycles. The first-order chi connectivity index (χ1) is 14.7. The Kier molecular flexibility index (Phi) is 5.74. The molecule has 0 aliphatic rings. The van der Waals surface area contributed by atoms with Gasteiger partial charge in [-0.1, -0.05) is 12.1 Å². The monoisotopic (exact) mass is 453 g/mol. The molecule has 2 N–H and O–H groups in total. The van der Waals surface area contributed by atoms with Gasteiger partial charge in [0.1, 0.15) is 10.7 Å². The van der Waals surface area contributed by atoms with Crippen molar-refractivity contribution in [1.29, 1.82) is 0 Å². The smallest absolute Gasteiger partial charge is 0.267 e. The first-order valence-corrected chi connectivity index (χ1v) is 11.4. The molecule has 0 bridgehead atoms. The molecule has 3 heterocycles. The molecule has 4 rings (SSSR count). The van der Waals surface area contributed by atoms with Crippen molar-refractivity contribution < 1.29 is 4.79 Å². The predicted molar refractivity (Wildman–Crippen MR) is 127 cm³/mol. The zero-order valence-corrected chi connectivity index (χ0v) is 19.6. The highest BCUT2D eigenvalue weighted by molar-refractivity contribution is 7.21. The van der Waals surface area contributed by atoms with Crippen molar-refractivity contribution in [2.75, 3.05) is 19.4 Å². The van der Waals surface area contributed by atoms with Crippen LogP contribution in [0.1, 0.15) is 32.2 Å². The van der Waals surface area contributed by atoms with E-state index in [4.69, 9.17) is 0 Å². The van der Waals surface area contributed by atoms with E-state index in [-0.39, 0.29) is 11.5 Å². The first-order valence-electron chi connectivity index (χ1n) is 9.74. The summed E-state index contributed by atoms with van der Waals surface area (Å²) in [6.07, 6.45) is 0. The van der Waals surface area contributed by atoms with E-state index >= 15 is 0 Å². The fraction of sp³-hybridized carbons (Fsp3) is 0.273. The molecule has 1 aromatic carbocycles. The van der Waals surface area contributed by atoms with Crippen LogP contribution in [0.2, 0.25) is 0 Å². The molecule has 0 aliphatic heterocycles. The summed E-state index contributed by atoms with van der Waals surface area (Å²) >= 11 is 2.60. The van der Waals surface area contributed by atoms with Crippen molar-refractivity contribution in [2.45, 2.75) is 27.3 Å². The zero-order chi connectivity index (χ0) is 22.3. The minimum absolute atomic E-state index is 0.221. The number of hydrogen-bond donors (Lipinski definition) is 2. The summed E-state index contributed by atoms with van der Waals surface area (Å²) in [4.78, 5) is 40.4. The molecule has 0 spiro atoms. The second-order valence-electron chi connectivity index (χ2n) is 7.78. The lowest BCUT2D eigenvalue weighted by atomic mass is 10.1. The maximum atomic E-state index is 12.9. The van der Waals surface area contributed by atoms with Crippen molar-refractivity contribution in [1.82, 2.24) is 19.9 Å². The highest BCUT2D eigenvalue weighted by Crippen LogP contribution is 2.30. The molecule has 4 aromatic rings. The molecule has 3 aromatic heterocycles. The number of H-pyrrole nitrogens is 1. The molecule has 160 valence electrons. The Labute approximate surface area is 187 Å². The Morgan fingerprint density at radius 3 is 2.65 bits per heavy atom. The average Bonchev–Trinajstić information content (AvgIpc) is 3.28. The van der Waals surface area contributed by atoms with Gasteiger partial charge in [-0.2, -0.15) is 0 Å². The molecular formula is C22H23N5O2S2. The van der Waals surface area contributed by atoms with Gasteiger partial charge in [0.15, 0.2) is 5.13 Å². The van der Waals surface area contributed by atoms with Crippen LogP contribution >= 0.6 is 22.7 Å². The molecule has 0 fully saturated rings. The number of carbonyl (C=O) groups excluding carboxylic acids is 1. The van der Waals surface area contributed by atoms with Gasteiger partial charge in [-0.15, -0.1) is 22.7 Å². The summed E-state index contributed by atoms with van der Waals surface area (Å²) in [5, 5.41) is 5.79. The fourth-order valence-electron chi connectivity index (χ4n) is 3.30. The third-order valence-electron chi connectivity index (χ3n) is 5.05. The van der Waals surface area contributed by atoms with E-state index in [1.54, 1.807) is 6.92 Å². The summed E-state index contributed by atoms with van der Waals surface area (Å²) in [6.45, 7) is 6.43. The number of anilines is 1. The molecule has 1 amide bonds. The molecule has 0 radical (unpaired) electrons. The van der Waals surface area contributed by atoms with Crippen molar-refractivity contribution >= 4 is 43.9 Å². The van der Waals surface area contributed by atoms with Gasteiger partial charge in [-0.3, -0.25) is 14.9 Å². The van der Waals surface area contributed by atoms with E-state index in [2.05, 4.69) is 46.2 Å². The van der Waals surface area contributed by atoms with Crippen LogP contribution in [0.25, 0.3) is 21.5 Å². The molecule has 0 unspecified atom stereocenters. The normalized spacial score (nSPS) is 11.4. The number of thiophene rings is 1. The van der Waals surface area contributed by atoms with Crippen LogP contribution in [0.4, 0.5) is 5.13 Å². The number of rotatable bonds is 5. The van der Waals surface area contributed by atoms with Crippen LogP contribution in [0, 0.1) is 20.8 Å². The summed E-state index contributed by atoms with van der Waals surface area (Å²) in [5.74, 6) is 0.295. The highest BCUT2D eigenvalue weighted by atomic mass is 32.1. The minimum atomic E-state index is -0.282. The van der Waals surface area contributed by atoms with Gasteiger partial charge in [-0.25, -0.2) is 9.97 Å². The Morgan fingerprint density at radius 1 is 1.16 bits per heavy atom. The Morgan fingerprint density at radius 2 is 1.94 bits per heavy atom. The van der Waals surface area contributed by atoms with Crippen molar-refractivity contribution in [3.05, 3.63) is 61.3 Å². The van der Waals surface area contributed by atoms with Crippen LogP contribution < -0.4 is 10.9 Å². The Bertz CT molecular complexity index is 1350. The first kappa shape index (κ1) is 21.4. The number of aromatic nitrogens is 3. The molecule has 0 aliphatic carbocycles. The number of aryl methyl sites for hydroxylation is 3. The van der Waals surface area contributed by atoms with E-state index in [1.165, 1.54) is 33.8 Å². The molecule has 31 heavy (non-hydrogen) atoms. The van der Waals surface area contributed by atoms with Crippen molar-refractivity contribution in [2.24, 2.45) is 0 Å². The van der Waals surface area contributed by atoms with E-state index in [1.807, 2.05) is 30.4 Å². The van der Waals surface area contributed by atoms with Crippen LogP contribution in [0.5, 0.6) is 0 Å². The van der Waals surface area contributed by atoms with E-state index in [0.717, 1.165) is 11.3 Å². The Hall–Kier alpha value is -2.88. The zero-order valence-electron chi connectivity index (χ0n) is 18.0. The molecule has 9 heteroatoms. The van der Waals surface area contributed by atoms with Gasteiger partial charge < -0.3 is 9.88 Å². The molecule has 0 atom stereocenters. The van der Waals surface area contributed by atoms with Gasteiger partial charge in [0.2, 0.25) is 0 Å². The molecular weight excluding hydrogens is 430 g/mol. The number of benzene rings is 1. The van der Waals surface area contributed by atoms with E-state index < -0.39 is 0 Å². The maximum Gasteiger partial charge on any atom is 0.267 e. The standard InChI is InChI=1S/C22H23N5O2S2/c1-11-6-7-14(8-12(11)2)15-10-30-22(23-15)26-20(29)18-13(3)17-19(28)24-16(9-27(4)5)25-21(17)31-18/h6-8,10H,9H2,1-5H3,(H,23,26,29)(H,24,25,28). The van der Waals surface area contributed by atoms with E-state index in [0.29, 0.717) is 38.2 Å². The number of carbonyl (C=O) groups is 1. The van der Waals surface area contributed by atoms with Gasteiger partial charge in [0.05, 0.1) is 22.5 Å². The largest absolute Gasteiger partial charge is 0.309 e. The summed E-state index contributed by atoms with van der Waals surface area (Å²) in [7, 11) is 3.81. The summed E-state index contributed by atoms with van der Waals surface area (Å²) < 4.78 is 0. The summed E-state index contributed by atoms with van der Waals surface area (Å²) in [5.41, 5.74) is 4.67. The van der Waals surface area contributed by atoms with Crippen molar-refractivity contribution in [3.8, 4) is 11.3 Å². The van der Waals surface area contributed by atoms with Crippen LogP contribution in [0.3, 0.4) is 0 Å². The SMILES string of the molecule is Cc1ccc(-c2csc(NC(=O)c3sc4nc(CN(C)C)[nH]c(=O)c4c3C)n2)cc1C. The second kappa shape index (κ2) is 8.33. The van der Waals surface area contributed by atoms with Gasteiger partial charge in [0, 0.05) is 10.9 Å². The number of nitrogens with one attached hydrogen (secondary N) is 2. The topological polar surface area (TPSA) is 91.0 Å². The highest BCUT2D eigenvalue weighted by Gasteiger charge is 2.20. The van der Waals surface area contributed by atoms with E-state index in [9.17, 15) is 9.59 Å². The number of fused-ring (bicyclic) bond motifs is 1. The van der Waals surface area contributed by atoms with Crippen LogP contribution in [0.15, 0.2) is 28.4 Å². The predicted octanol–water partition coefficient (Wildman–Crippen LogP) is 4.35. The lowest BCUT2D eigenvalue weighted by Crippen LogP contribution is -2.18. The quantitative estimate of drug-likeness (QED) is 0.469. The number of hydrogen-bond acceptors (Lipinski definition) is 7. The Balaban J connectivity index is 1.61. The lowest BCUT2D eigenvalue weighted by molar-refractivity contribution is 0.103. The van der Waals surface area contributed by atoms with Gasteiger partial charge in [0.25, 0.3) is 11.5 Å². The third-order valence-corrected chi connectivity index (χ3v) is 6.99. The summed E-state index contributed by atoms with van der Waals surface area (Å²) in [6, 6.07) is 6.19. The minimum Gasteiger partial charge on any atom is -0.309 e. The van der Waals surface area contributed by atoms with Crippen molar-refractivity contribution in [3.63, 3.8) is 0 Å². The maximum absolute atomic E-state index is 12.9. The second-order valence-corrected chi connectivity index (χ2v) is 9.63. The third kappa shape index (κ3) is 4.30. The molecule has 7 nitrogen and oxygen atoms in total. The fourth-order valence-corrected chi connectivity index (χ4v) is 5.11. The number of amides is 1. The lowest BCUT2D eigenvalue weighted by Gasteiger charge is -2.07. The van der Waals surface area contributed by atoms with Gasteiger partial charge >= 0.3 is 0 Å². The number of thiazole rings is 1. The van der Waals surface area contributed by atoms with Crippen LogP contribution in [-0.2, 0) is 6.54 Å². The number of aromatic amines is 1. The van der Waals surface area contributed by atoms with Crippen LogP contribution in [-0.4, -0.2) is 39.9 Å².